The lowest BCUT2D eigenvalue weighted by Crippen LogP contribution is -2.36. The summed E-state index contributed by atoms with van der Waals surface area (Å²) in [6.45, 7) is 0.356. The van der Waals surface area contributed by atoms with Crippen molar-refractivity contribution in [2.24, 2.45) is 0 Å². The number of nitrogens with one attached hydrogen (secondary N) is 1. The van der Waals surface area contributed by atoms with Crippen molar-refractivity contribution in [2.75, 3.05) is 18.8 Å². The molecule has 1 aliphatic heterocycles. The van der Waals surface area contributed by atoms with E-state index in [1.807, 2.05) is 0 Å². The molecule has 0 unspecified atom stereocenters. The molecule has 7 nitrogen and oxygen atoms in total. The minimum absolute atomic E-state index is 0.0884. The highest BCUT2D eigenvalue weighted by molar-refractivity contribution is 8.01. The van der Waals surface area contributed by atoms with Crippen LogP contribution in [0.5, 0.6) is 11.5 Å². The molecular formula is C21H22FN3O4S. The van der Waals surface area contributed by atoms with Gasteiger partial charge in [-0.2, -0.15) is 0 Å². The number of nitrogens with zero attached hydrogens (tertiary/aromatic N) is 2. The van der Waals surface area contributed by atoms with E-state index in [4.69, 9.17) is 9.47 Å². The smallest absolute Gasteiger partial charge is 0.410 e. The normalized spacial score (nSPS) is 15.3. The van der Waals surface area contributed by atoms with Crippen LogP contribution in [0.3, 0.4) is 0 Å². The summed E-state index contributed by atoms with van der Waals surface area (Å²) in [5, 5.41) is 0.545. The average Bonchev–Trinajstić information content (AvgIpc) is 3.53. The Morgan fingerprint density at radius 2 is 2.13 bits per heavy atom. The van der Waals surface area contributed by atoms with Crippen LogP contribution in [0.4, 0.5) is 19.7 Å². The van der Waals surface area contributed by atoms with Crippen molar-refractivity contribution in [2.45, 2.75) is 31.2 Å². The Labute approximate surface area is 178 Å². The number of carbonyl (C=O) groups excluding carboxylic acids is 2. The standard InChI is InChI=1S/C21H22FN3O4S/c1-24(2)20(26)28-15-7-6-13-11-25(21(27)29-18(13)10-15)12-14-4-3-5-17(19(14)22)23-30-16-8-9-16/h3-7,10,16,23H,8-9,11-12H2,1-2H3. The fourth-order valence-electron chi connectivity index (χ4n) is 2.88. The first-order chi connectivity index (χ1) is 14.4. The molecule has 1 heterocycles. The summed E-state index contributed by atoms with van der Waals surface area (Å²) < 4.78 is 28.5. The molecule has 30 heavy (non-hydrogen) atoms. The van der Waals surface area contributed by atoms with Crippen LogP contribution in [-0.4, -0.2) is 41.3 Å². The van der Waals surface area contributed by atoms with E-state index in [0.29, 0.717) is 22.3 Å². The van der Waals surface area contributed by atoms with Crippen molar-refractivity contribution in [3.63, 3.8) is 0 Å². The molecule has 2 aromatic carbocycles. The number of hydrogen-bond acceptors (Lipinski definition) is 6. The molecule has 0 bridgehead atoms. The highest BCUT2D eigenvalue weighted by Crippen LogP contribution is 2.36. The maximum atomic E-state index is 14.9. The zero-order valence-corrected chi connectivity index (χ0v) is 17.5. The second kappa shape index (κ2) is 8.43. The first kappa shape index (κ1) is 20.3. The highest BCUT2D eigenvalue weighted by atomic mass is 32.2. The van der Waals surface area contributed by atoms with Gasteiger partial charge in [0.05, 0.1) is 18.8 Å². The maximum Gasteiger partial charge on any atom is 0.415 e. The fraction of sp³-hybridized carbons (Fsp3) is 0.333. The van der Waals surface area contributed by atoms with E-state index in [2.05, 4.69) is 4.72 Å². The molecule has 2 aromatic rings. The van der Waals surface area contributed by atoms with E-state index in [1.165, 1.54) is 27.8 Å². The summed E-state index contributed by atoms with van der Waals surface area (Å²) in [5.74, 6) is 0.249. The van der Waals surface area contributed by atoms with E-state index in [1.54, 1.807) is 44.4 Å². The summed E-state index contributed by atoms with van der Waals surface area (Å²) >= 11 is 1.53. The molecule has 0 saturated heterocycles. The van der Waals surface area contributed by atoms with Crippen LogP contribution >= 0.6 is 11.9 Å². The largest absolute Gasteiger partial charge is 0.415 e. The Kier molecular flexibility index (Phi) is 5.72. The third-order valence-electron chi connectivity index (χ3n) is 4.73. The van der Waals surface area contributed by atoms with Crippen molar-refractivity contribution >= 4 is 29.8 Å². The quantitative estimate of drug-likeness (QED) is 0.673. The van der Waals surface area contributed by atoms with Gasteiger partial charge in [0, 0.05) is 36.5 Å². The lowest BCUT2D eigenvalue weighted by Gasteiger charge is -2.28. The molecular weight excluding hydrogens is 409 g/mol. The number of carbonyl (C=O) groups is 2. The molecule has 2 amide bonds. The molecule has 4 rings (SSSR count). The lowest BCUT2D eigenvalue weighted by molar-refractivity contribution is 0.134. The first-order valence-corrected chi connectivity index (χ1v) is 10.5. The summed E-state index contributed by atoms with van der Waals surface area (Å²) in [6.07, 6.45) is 1.19. The zero-order chi connectivity index (χ0) is 21.3. The molecule has 2 aliphatic rings. The third kappa shape index (κ3) is 4.62. The summed E-state index contributed by atoms with van der Waals surface area (Å²) in [4.78, 5) is 26.9. The van der Waals surface area contributed by atoms with Crippen molar-refractivity contribution in [3.8, 4) is 11.5 Å². The number of anilines is 1. The van der Waals surface area contributed by atoms with Crippen LogP contribution in [-0.2, 0) is 13.1 Å². The summed E-state index contributed by atoms with van der Waals surface area (Å²) in [5.41, 5.74) is 1.58. The molecule has 158 valence electrons. The van der Waals surface area contributed by atoms with Gasteiger partial charge in [-0.25, -0.2) is 14.0 Å². The zero-order valence-electron chi connectivity index (χ0n) is 16.7. The number of benzene rings is 2. The van der Waals surface area contributed by atoms with Gasteiger partial charge in [-0.15, -0.1) is 0 Å². The number of fused-ring (bicyclic) bond motifs is 1. The van der Waals surface area contributed by atoms with E-state index in [-0.39, 0.29) is 24.7 Å². The fourth-order valence-corrected chi connectivity index (χ4v) is 3.71. The van der Waals surface area contributed by atoms with Gasteiger partial charge in [0.25, 0.3) is 0 Å². The molecule has 0 spiro atoms. The lowest BCUT2D eigenvalue weighted by atomic mass is 10.1. The monoisotopic (exact) mass is 431 g/mol. The number of halogens is 1. The average molecular weight is 431 g/mol. The van der Waals surface area contributed by atoms with Gasteiger partial charge < -0.3 is 19.1 Å². The van der Waals surface area contributed by atoms with E-state index < -0.39 is 12.2 Å². The molecule has 0 atom stereocenters. The Balaban J connectivity index is 1.45. The van der Waals surface area contributed by atoms with Crippen molar-refractivity contribution < 1.29 is 23.5 Å². The van der Waals surface area contributed by atoms with Gasteiger partial charge >= 0.3 is 12.2 Å². The number of hydrogen-bond donors (Lipinski definition) is 1. The number of ether oxygens (including phenoxy) is 2. The predicted octanol–water partition coefficient (Wildman–Crippen LogP) is 4.62. The van der Waals surface area contributed by atoms with Crippen molar-refractivity contribution in [3.05, 3.63) is 53.3 Å². The van der Waals surface area contributed by atoms with Crippen LogP contribution in [0.15, 0.2) is 36.4 Å². The van der Waals surface area contributed by atoms with Crippen LogP contribution in [0.25, 0.3) is 0 Å². The van der Waals surface area contributed by atoms with Gasteiger partial charge in [-0.3, -0.25) is 4.90 Å². The molecule has 1 aliphatic carbocycles. The SMILES string of the molecule is CN(C)C(=O)Oc1ccc2c(c1)OC(=O)N(Cc1cccc(NSC3CC3)c1F)C2. The van der Waals surface area contributed by atoms with E-state index >= 15 is 0 Å². The minimum Gasteiger partial charge on any atom is -0.410 e. The van der Waals surface area contributed by atoms with Gasteiger partial charge in [0.2, 0.25) is 0 Å². The predicted molar refractivity (Wildman–Crippen MR) is 112 cm³/mol. The van der Waals surface area contributed by atoms with Crippen molar-refractivity contribution in [1.82, 2.24) is 9.80 Å². The minimum atomic E-state index is -0.580. The van der Waals surface area contributed by atoms with Gasteiger partial charge in [0.15, 0.2) is 5.82 Å². The number of rotatable bonds is 6. The van der Waals surface area contributed by atoms with Gasteiger partial charge in [-0.05, 0) is 43.0 Å². The van der Waals surface area contributed by atoms with Gasteiger partial charge in [-0.1, -0.05) is 12.1 Å². The van der Waals surface area contributed by atoms with E-state index in [9.17, 15) is 14.0 Å². The van der Waals surface area contributed by atoms with Crippen LogP contribution in [0, 0.1) is 5.82 Å². The Morgan fingerprint density at radius 1 is 1.33 bits per heavy atom. The first-order valence-electron chi connectivity index (χ1n) is 9.58. The molecule has 1 saturated carbocycles. The van der Waals surface area contributed by atoms with Crippen LogP contribution in [0.1, 0.15) is 24.0 Å². The topological polar surface area (TPSA) is 71.1 Å². The molecule has 0 radical (unpaired) electrons. The van der Waals surface area contributed by atoms with Crippen LogP contribution < -0.4 is 14.2 Å². The third-order valence-corrected chi connectivity index (χ3v) is 5.87. The van der Waals surface area contributed by atoms with Crippen LogP contribution in [0.2, 0.25) is 0 Å². The summed E-state index contributed by atoms with van der Waals surface area (Å²) in [7, 11) is 3.15. The van der Waals surface area contributed by atoms with Crippen molar-refractivity contribution in [1.29, 1.82) is 0 Å². The molecule has 1 fully saturated rings. The molecule has 1 N–H and O–H groups in total. The molecule has 9 heteroatoms. The highest BCUT2D eigenvalue weighted by Gasteiger charge is 2.27. The summed E-state index contributed by atoms with van der Waals surface area (Å²) in [6, 6.07) is 9.99. The van der Waals surface area contributed by atoms with Gasteiger partial charge in [0.1, 0.15) is 11.5 Å². The Hall–Kier alpha value is -2.94. The maximum absolute atomic E-state index is 14.9. The van der Waals surface area contributed by atoms with E-state index in [0.717, 1.165) is 18.4 Å². The Morgan fingerprint density at radius 3 is 2.87 bits per heavy atom. The second-order valence-corrected chi connectivity index (χ2v) is 8.56. The molecule has 0 aromatic heterocycles. The Bertz CT molecular complexity index is 981. The number of amides is 2. The second-order valence-electron chi connectivity index (χ2n) is 7.45.